The fourth-order valence-corrected chi connectivity index (χ4v) is 2.50. The van der Waals surface area contributed by atoms with E-state index < -0.39 is 0 Å². The maximum absolute atomic E-state index is 5.73. The zero-order valence-electron chi connectivity index (χ0n) is 11.0. The molecule has 19 heavy (non-hydrogen) atoms. The number of fused-ring (bicyclic) bond motifs is 1. The van der Waals surface area contributed by atoms with Crippen LogP contribution in [0, 0.1) is 0 Å². The standard InChI is InChI=1S/C14H18N4O/c1-19-12-4-2-11(3-5-12)17-6-7-18-10-16-13(8-15)14(18)9-17/h2-5,10H,6-9,15H2,1H3. The van der Waals surface area contributed by atoms with Gasteiger partial charge in [0.1, 0.15) is 5.75 Å². The van der Waals surface area contributed by atoms with Crippen molar-refractivity contribution in [1.29, 1.82) is 0 Å². The molecule has 2 N–H and O–H groups in total. The van der Waals surface area contributed by atoms with Crippen LogP contribution in [-0.4, -0.2) is 23.2 Å². The second kappa shape index (κ2) is 4.93. The Labute approximate surface area is 112 Å². The third-order valence-corrected chi connectivity index (χ3v) is 3.62. The van der Waals surface area contributed by atoms with Crippen LogP contribution in [0.2, 0.25) is 0 Å². The van der Waals surface area contributed by atoms with Crippen LogP contribution in [0.3, 0.4) is 0 Å². The largest absolute Gasteiger partial charge is 0.497 e. The van der Waals surface area contributed by atoms with Gasteiger partial charge in [-0.25, -0.2) is 4.98 Å². The van der Waals surface area contributed by atoms with E-state index in [9.17, 15) is 0 Å². The Kier molecular flexibility index (Phi) is 3.13. The van der Waals surface area contributed by atoms with Gasteiger partial charge in [0.2, 0.25) is 0 Å². The summed E-state index contributed by atoms with van der Waals surface area (Å²) in [6.45, 7) is 3.30. The number of methoxy groups -OCH3 is 1. The van der Waals surface area contributed by atoms with E-state index >= 15 is 0 Å². The molecule has 2 heterocycles. The maximum atomic E-state index is 5.73. The Hall–Kier alpha value is -2.01. The number of benzene rings is 1. The highest BCUT2D eigenvalue weighted by molar-refractivity contribution is 5.50. The van der Waals surface area contributed by atoms with Gasteiger partial charge >= 0.3 is 0 Å². The molecule has 2 aromatic rings. The Morgan fingerprint density at radius 3 is 2.74 bits per heavy atom. The highest BCUT2D eigenvalue weighted by Gasteiger charge is 2.19. The van der Waals surface area contributed by atoms with Gasteiger partial charge in [0, 0.05) is 25.3 Å². The number of ether oxygens (including phenoxy) is 1. The first-order chi connectivity index (χ1) is 9.31. The smallest absolute Gasteiger partial charge is 0.119 e. The quantitative estimate of drug-likeness (QED) is 0.903. The summed E-state index contributed by atoms with van der Waals surface area (Å²) in [7, 11) is 1.68. The summed E-state index contributed by atoms with van der Waals surface area (Å²) in [4.78, 5) is 6.71. The molecule has 3 rings (SSSR count). The molecule has 1 aromatic heterocycles. The summed E-state index contributed by atoms with van der Waals surface area (Å²) < 4.78 is 7.38. The number of rotatable bonds is 3. The van der Waals surface area contributed by atoms with Gasteiger partial charge in [-0.1, -0.05) is 0 Å². The Balaban J connectivity index is 1.84. The van der Waals surface area contributed by atoms with Crippen molar-refractivity contribution in [3.8, 4) is 5.75 Å². The molecule has 0 spiro atoms. The molecule has 100 valence electrons. The maximum Gasteiger partial charge on any atom is 0.119 e. The first kappa shape index (κ1) is 12.0. The van der Waals surface area contributed by atoms with E-state index in [0.717, 1.165) is 31.1 Å². The lowest BCUT2D eigenvalue weighted by atomic mass is 10.2. The SMILES string of the molecule is COc1ccc(N2CCn3cnc(CN)c3C2)cc1. The molecule has 0 unspecified atom stereocenters. The Morgan fingerprint density at radius 1 is 1.26 bits per heavy atom. The van der Waals surface area contributed by atoms with Crippen LogP contribution in [0.5, 0.6) is 5.75 Å². The number of aromatic nitrogens is 2. The van der Waals surface area contributed by atoms with E-state index in [1.165, 1.54) is 11.4 Å². The third-order valence-electron chi connectivity index (χ3n) is 3.62. The van der Waals surface area contributed by atoms with Crippen LogP contribution < -0.4 is 15.4 Å². The molecule has 5 heteroatoms. The van der Waals surface area contributed by atoms with E-state index in [-0.39, 0.29) is 0 Å². The van der Waals surface area contributed by atoms with Gasteiger partial charge in [-0.05, 0) is 24.3 Å². The minimum atomic E-state index is 0.499. The number of nitrogens with two attached hydrogens (primary N) is 1. The van der Waals surface area contributed by atoms with Gasteiger partial charge in [-0.3, -0.25) is 0 Å². The van der Waals surface area contributed by atoms with E-state index in [1.807, 2.05) is 18.5 Å². The minimum Gasteiger partial charge on any atom is -0.497 e. The van der Waals surface area contributed by atoms with Crippen molar-refractivity contribution in [3.05, 3.63) is 42.0 Å². The second-order valence-corrected chi connectivity index (χ2v) is 4.66. The molecule has 1 aliphatic heterocycles. The van der Waals surface area contributed by atoms with Crippen LogP contribution >= 0.6 is 0 Å². The highest BCUT2D eigenvalue weighted by Crippen LogP contribution is 2.24. The first-order valence-electron chi connectivity index (χ1n) is 6.43. The fourth-order valence-electron chi connectivity index (χ4n) is 2.50. The van der Waals surface area contributed by atoms with E-state index in [0.29, 0.717) is 6.54 Å². The molecule has 0 saturated heterocycles. The van der Waals surface area contributed by atoms with Gasteiger partial charge < -0.3 is 19.9 Å². The van der Waals surface area contributed by atoms with E-state index in [4.69, 9.17) is 10.5 Å². The number of imidazole rings is 1. The summed E-state index contributed by atoms with van der Waals surface area (Å²) in [5.41, 5.74) is 9.16. The summed E-state index contributed by atoms with van der Waals surface area (Å²) in [6.07, 6.45) is 1.89. The van der Waals surface area contributed by atoms with Crippen molar-refractivity contribution in [2.24, 2.45) is 5.73 Å². The topological polar surface area (TPSA) is 56.3 Å². The molecule has 0 atom stereocenters. The number of hydrogen-bond donors (Lipinski definition) is 1. The van der Waals surface area contributed by atoms with Gasteiger partial charge in [0.15, 0.2) is 0 Å². The molecular weight excluding hydrogens is 240 g/mol. The Bertz CT molecular complexity index is 548. The first-order valence-corrected chi connectivity index (χ1v) is 6.43. The third kappa shape index (κ3) is 2.17. The molecule has 0 aliphatic carbocycles. The van der Waals surface area contributed by atoms with Gasteiger partial charge in [-0.15, -0.1) is 0 Å². The summed E-state index contributed by atoms with van der Waals surface area (Å²) in [5, 5.41) is 0. The van der Waals surface area contributed by atoms with Gasteiger partial charge in [0.05, 0.1) is 31.4 Å². The molecule has 0 bridgehead atoms. The molecule has 1 aliphatic rings. The van der Waals surface area contributed by atoms with Crippen molar-refractivity contribution < 1.29 is 4.74 Å². The van der Waals surface area contributed by atoms with E-state index in [1.54, 1.807) is 7.11 Å². The zero-order chi connectivity index (χ0) is 13.2. The average Bonchev–Trinajstić information content (AvgIpc) is 2.89. The molecule has 5 nitrogen and oxygen atoms in total. The van der Waals surface area contributed by atoms with Gasteiger partial charge in [0.25, 0.3) is 0 Å². The summed E-state index contributed by atoms with van der Waals surface area (Å²) >= 11 is 0. The molecule has 0 amide bonds. The lowest BCUT2D eigenvalue weighted by Crippen LogP contribution is -2.33. The second-order valence-electron chi connectivity index (χ2n) is 4.66. The van der Waals surface area contributed by atoms with Crippen LogP contribution in [-0.2, 0) is 19.6 Å². The number of hydrogen-bond acceptors (Lipinski definition) is 4. The van der Waals surface area contributed by atoms with E-state index in [2.05, 4.69) is 26.6 Å². The zero-order valence-corrected chi connectivity index (χ0v) is 11.0. The predicted molar refractivity (Wildman–Crippen MR) is 74.2 cm³/mol. The number of nitrogens with zero attached hydrogens (tertiary/aromatic N) is 3. The van der Waals surface area contributed by atoms with Gasteiger partial charge in [-0.2, -0.15) is 0 Å². The minimum absolute atomic E-state index is 0.499. The number of anilines is 1. The molecule has 1 aromatic carbocycles. The average molecular weight is 258 g/mol. The molecule has 0 fully saturated rings. The Morgan fingerprint density at radius 2 is 2.05 bits per heavy atom. The lowest BCUT2D eigenvalue weighted by molar-refractivity contribution is 0.414. The van der Waals surface area contributed by atoms with Crippen LogP contribution in [0.15, 0.2) is 30.6 Å². The predicted octanol–water partition coefficient (Wildman–Crippen LogP) is 1.37. The summed E-state index contributed by atoms with van der Waals surface area (Å²) in [6, 6.07) is 8.16. The molecular formula is C14H18N4O. The van der Waals surface area contributed by atoms with Crippen LogP contribution in [0.4, 0.5) is 5.69 Å². The molecule has 0 saturated carbocycles. The summed E-state index contributed by atoms with van der Waals surface area (Å²) in [5.74, 6) is 0.883. The van der Waals surface area contributed by atoms with Crippen molar-refractivity contribution in [2.45, 2.75) is 19.6 Å². The fraction of sp³-hybridized carbons (Fsp3) is 0.357. The van der Waals surface area contributed by atoms with Crippen molar-refractivity contribution in [2.75, 3.05) is 18.6 Å². The molecule has 0 radical (unpaired) electrons. The highest BCUT2D eigenvalue weighted by atomic mass is 16.5. The van der Waals surface area contributed by atoms with Crippen LogP contribution in [0.1, 0.15) is 11.4 Å². The monoisotopic (exact) mass is 258 g/mol. The van der Waals surface area contributed by atoms with Crippen molar-refractivity contribution in [1.82, 2.24) is 9.55 Å². The van der Waals surface area contributed by atoms with Crippen molar-refractivity contribution in [3.63, 3.8) is 0 Å². The van der Waals surface area contributed by atoms with Crippen molar-refractivity contribution >= 4 is 5.69 Å². The van der Waals surface area contributed by atoms with Crippen LogP contribution in [0.25, 0.3) is 0 Å². The normalized spacial score (nSPS) is 14.3. The lowest BCUT2D eigenvalue weighted by Gasteiger charge is -2.30.